The summed E-state index contributed by atoms with van der Waals surface area (Å²) in [5.74, 6) is 1.47. The van der Waals surface area contributed by atoms with E-state index in [-0.39, 0.29) is 23.9 Å². The number of nitrogens with zero attached hydrogens (tertiary/aromatic N) is 7. The van der Waals surface area contributed by atoms with Crippen LogP contribution in [0.15, 0.2) is 24.7 Å². The van der Waals surface area contributed by atoms with Crippen molar-refractivity contribution >= 4 is 28.4 Å². The second kappa shape index (κ2) is 10.0. The Bertz CT molecular complexity index is 1480. The molecule has 1 unspecified atom stereocenters. The van der Waals surface area contributed by atoms with E-state index < -0.39 is 0 Å². The van der Waals surface area contributed by atoms with Crippen molar-refractivity contribution < 1.29 is 4.79 Å². The summed E-state index contributed by atoms with van der Waals surface area (Å²) in [4.78, 5) is 32.7. The number of amides is 1. The molecular weight excluding hydrogens is 476 g/mol. The molecule has 0 spiro atoms. The number of H-pyrrole nitrogens is 1. The number of fused-ring (bicyclic) bond motifs is 2. The summed E-state index contributed by atoms with van der Waals surface area (Å²) in [7, 11) is 4.01. The van der Waals surface area contributed by atoms with E-state index in [0.717, 1.165) is 52.4 Å². The molecule has 9 heteroatoms. The van der Waals surface area contributed by atoms with Gasteiger partial charge >= 0.3 is 0 Å². The van der Waals surface area contributed by atoms with Crippen molar-refractivity contribution in [3.8, 4) is 11.3 Å². The Morgan fingerprint density at radius 2 is 1.89 bits per heavy atom. The maximum absolute atomic E-state index is 12.9. The van der Waals surface area contributed by atoms with Crippen LogP contribution < -0.4 is 4.90 Å². The number of aromatic amines is 1. The Morgan fingerprint density at radius 1 is 1.13 bits per heavy atom. The quantitative estimate of drug-likeness (QED) is 0.409. The molecule has 9 nitrogen and oxygen atoms in total. The molecule has 202 valence electrons. The lowest BCUT2D eigenvalue weighted by Crippen LogP contribution is -2.58. The number of pyridine rings is 2. The van der Waals surface area contributed by atoms with Crippen molar-refractivity contribution in [3.63, 3.8) is 0 Å². The van der Waals surface area contributed by atoms with Gasteiger partial charge in [0.1, 0.15) is 12.1 Å². The fourth-order valence-corrected chi connectivity index (χ4v) is 5.72. The zero-order chi connectivity index (χ0) is 27.3. The van der Waals surface area contributed by atoms with Crippen molar-refractivity contribution in [2.75, 3.05) is 38.6 Å². The van der Waals surface area contributed by atoms with E-state index in [1.807, 2.05) is 23.5 Å². The molecule has 4 aromatic heterocycles. The lowest BCUT2D eigenvalue weighted by molar-refractivity contribution is -0.134. The van der Waals surface area contributed by atoms with Gasteiger partial charge in [-0.2, -0.15) is 5.10 Å². The van der Waals surface area contributed by atoms with Crippen LogP contribution in [0.5, 0.6) is 0 Å². The second-order valence-electron chi connectivity index (χ2n) is 11.4. The zero-order valence-corrected chi connectivity index (χ0v) is 23.9. The van der Waals surface area contributed by atoms with Crippen LogP contribution in [0.25, 0.3) is 27.9 Å². The molecule has 0 aliphatic carbocycles. The molecule has 0 aromatic carbocycles. The third-order valence-corrected chi connectivity index (χ3v) is 8.01. The minimum atomic E-state index is 0.129. The lowest BCUT2D eigenvalue weighted by atomic mass is 9.95. The van der Waals surface area contributed by atoms with Crippen molar-refractivity contribution in [3.05, 3.63) is 41.3 Å². The van der Waals surface area contributed by atoms with Gasteiger partial charge in [0.2, 0.25) is 5.91 Å². The summed E-state index contributed by atoms with van der Waals surface area (Å²) >= 11 is 0. The number of piperazine rings is 1. The molecule has 0 radical (unpaired) electrons. The Morgan fingerprint density at radius 3 is 2.61 bits per heavy atom. The standard InChI is InChI=1S/C29H40N8O/c1-17(2)26-27(22-15-37-29(30-16-31-37)21(6)20(22)5)32-23-9-10-24(33-28(23)26)35-13-19(4)36(14-18(35)3)25(38)11-12-34(7)8/h9-10,15-19,32H,11-14H2,1-8H3/t18?,19-/m1/s1. The highest BCUT2D eigenvalue weighted by molar-refractivity contribution is 5.90. The van der Waals surface area contributed by atoms with Gasteiger partial charge in [-0.15, -0.1) is 0 Å². The maximum atomic E-state index is 12.9. The van der Waals surface area contributed by atoms with Crippen LogP contribution in [0.4, 0.5) is 5.82 Å². The molecule has 38 heavy (non-hydrogen) atoms. The maximum Gasteiger partial charge on any atom is 0.224 e. The van der Waals surface area contributed by atoms with Crippen LogP contribution >= 0.6 is 0 Å². The van der Waals surface area contributed by atoms with E-state index in [0.29, 0.717) is 13.0 Å². The number of carbonyl (C=O) groups is 1. The van der Waals surface area contributed by atoms with Gasteiger partial charge < -0.3 is 19.7 Å². The molecule has 5 rings (SSSR count). The van der Waals surface area contributed by atoms with E-state index in [1.165, 1.54) is 11.1 Å². The van der Waals surface area contributed by atoms with Crippen molar-refractivity contribution in [2.45, 2.75) is 66.0 Å². The summed E-state index contributed by atoms with van der Waals surface area (Å²) in [5, 5.41) is 4.40. The Hall–Kier alpha value is -3.46. The molecule has 1 aliphatic rings. The van der Waals surface area contributed by atoms with E-state index in [9.17, 15) is 4.79 Å². The Balaban J connectivity index is 1.51. The number of aryl methyl sites for hydroxylation is 1. The molecule has 1 amide bonds. The SMILES string of the molecule is Cc1c(-c2[nH]c3ccc(N4C[C@@H](C)N(C(=O)CCN(C)C)CC4C)nc3c2C(C)C)cn2ncnc2c1C. The summed E-state index contributed by atoms with van der Waals surface area (Å²) < 4.78 is 1.86. The fourth-order valence-electron chi connectivity index (χ4n) is 5.72. The highest BCUT2D eigenvalue weighted by atomic mass is 16.2. The number of anilines is 1. The van der Waals surface area contributed by atoms with Gasteiger partial charge in [-0.05, 0) is 71.0 Å². The number of hydrogen-bond donors (Lipinski definition) is 1. The molecule has 1 aliphatic heterocycles. The minimum absolute atomic E-state index is 0.129. The number of aromatic nitrogens is 5. The first-order chi connectivity index (χ1) is 18.1. The van der Waals surface area contributed by atoms with Gasteiger partial charge in [-0.1, -0.05) is 13.8 Å². The normalized spacial score (nSPS) is 18.5. The van der Waals surface area contributed by atoms with Crippen LogP contribution in [0, 0.1) is 13.8 Å². The smallest absolute Gasteiger partial charge is 0.224 e. The minimum Gasteiger partial charge on any atom is -0.353 e. The summed E-state index contributed by atoms with van der Waals surface area (Å²) in [5.41, 5.74) is 8.66. The van der Waals surface area contributed by atoms with Crippen LogP contribution in [0.1, 0.15) is 56.7 Å². The Labute approximate surface area is 224 Å². The third-order valence-electron chi connectivity index (χ3n) is 8.01. The van der Waals surface area contributed by atoms with Crippen molar-refractivity contribution in [1.29, 1.82) is 0 Å². The molecule has 0 bridgehead atoms. The van der Waals surface area contributed by atoms with Crippen LogP contribution in [0.2, 0.25) is 0 Å². The summed E-state index contributed by atoms with van der Waals surface area (Å²) in [6.07, 6.45) is 4.22. The van der Waals surface area contributed by atoms with Crippen molar-refractivity contribution in [2.24, 2.45) is 0 Å². The second-order valence-corrected chi connectivity index (χ2v) is 11.4. The summed E-state index contributed by atoms with van der Waals surface area (Å²) in [6.45, 7) is 15.3. The van der Waals surface area contributed by atoms with E-state index >= 15 is 0 Å². The molecule has 2 atom stereocenters. The average Bonchev–Trinajstić information content (AvgIpc) is 3.50. The highest BCUT2D eigenvalue weighted by Crippen LogP contribution is 2.38. The largest absolute Gasteiger partial charge is 0.353 e. The van der Waals surface area contributed by atoms with Gasteiger partial charge in [-0.25, -0.2) is 14.5 Å². The first kappa shape index (κ1) is 26.2. The molecule has 1 fully saturated rings. The fraction of sp³-hybridized carbons (Fsp3) is 0.517. The van der Waals surface area contributed by atoms with Crippen molar-refractivity contribution in [1.82, 2.24) is 34.4 Å². The van der Waals surface area contributed by atoms with Crippen LogP contribution in [-0.2, 0) is 4.79 Å². The highest BCUT2D eigenvalue weighted by Gasteiger charge is 2.33. The topological polar surface area (TPSA) is 85.7 Å². The average molecular weight is 517 g/mol. The molecule has 4 aromatic rings. The first-order valence-corrected chi connectivity index (χ1v) is 13.6. The number of nitrogens with one attached hydrogen (secondary N) is 1. The number of carbonyl (C=O) groups excluding carboxylic acids is 1. The van der Waals surface area contributed by atoms with Crippen LogP contribution in [0.3, 0.4) is 0 Å². The van der Waals surface area contributed by atoms with E-state index in [4.69, 9.17) is 4.98 Å². The molecule has 1 N–H and O–H groups in total. The van der Waals surface area contributed by atoms with Gasteiger partial charge in [0.05, 0.1) is 16.7 Å². The van der Waals surface area contributed by atoms with E-state index in [2.05, 4.69) is 84.7 Å². The Kier molecular flexibility index (Phi) is 6.90. The predicted molar refractivity (Wildman–Crippen MR) is 153 cm³/mol. The monoisotopic (exact) mass is 516 g/mol. The summed E-state index contributed by atoms with van der Waals surface area (Å²) in [6, 6.07) is 4.57. The lowest BCUT2D eigenvalue weighted by Gasteiger charge is -2.45. The van der Waals surface area contributed by atoms with Gasteiger partial charge in [0.15, 0.2) is 5.65 Å². The number of rotatable bonds is 6. The van der Waals surface area contributed by atoms with Gasteiger partial charge in [0.25, 0.3) is 0 Å². The van der Waals surface area contributed by atoms with E-state index in [1.54, 1.807) is 6.33 Å². The van der Waals surface area contributed by atoms with Crippen LogP contribution in [-0.4, -0.2) is 86.1 Å². The predicted octanol–water partition coefficient (Wildman–Crippen LogP) is 4.39. The molecule has 1 saturated heterocycles. The first-order valence-electron chi connectivity index (χ1n) is 13.6. The third kappa shape index (κ3) is 4.53. The van der Waals surface area contributed by atoms with Gasteiger partial charge in [0, 0.05) is 55.5 Å². The molecule has 5 heterocycles. The molecular formula is C29H40N8O. The van der Waals surface area contributed by atoms with Gasteiger partial charge in [-0.3, -0.25) is 4.79 Å². The zero-order valence-electron chi connectivity index (χ0n) is 23.9. The number of hydrogen-bond acceptors (Lipinski definition) is 6. The molecule has 0 saturated carbocycles.